The number of halogens is 3. The van der Waals surface area contributed by atoms with E-state index in [0.29, 0.717) is 42.3 Å². The van der Waals surface area contributed by atoms with Gasteiger partial charge in [0.05, 0.1) is 38.8 Å². The van der Waals surface area contributed by atoms with Gasteiger partial charge in [0.15, 0.2) is 0 Å². The number of nitrogens with one attached hydrogen (secondary N) is 1. The summed E-state index contributed by atoms with van der Waals surface area (Å²) in [5.74, 6) is -1.44. The SMILES string of the molecule is COC(=O)C[C@@H]1Cc2ccc(OCCCNc3cccc[n+]3[O-])cc2CN(CC(F)(F)F)C1=O. The molecule has 0 saturated heterocycles. The molecule has 0 saturated carbocycles. The lowest BCUT2D eigenvalue weighted by molar-refractivity contribution is -0.590. The molecule has 0 aliphatic carbocycles. The summed E-state index contributed by atoms with van der Waals surface area (Å²) >= 11 is 0. The molecule has 1 amide bonds. The molecule has 34 heavy (non-hydrogen) atoms. The second-order valence-electron chi connectivity index (χ2n) is 7.96. The Labute approximate surface area is 194 Å². The van der Waals surface area contributed by atoms with E-state index in [2.05, 4.69) is 10.1 Å². The van der Waals surface area contributed by atoms with Crippen molar-refractivity contribution in [3.8, 4) is 5.75 Å². The Morgan fingerprint density at radius 3 is 2.76 bits per heavy atom. The van der Waals surface area contributed by atoms with E-state index in [-0.39, 0.29) is 19.4 Å². The number of aromatic nitrogens is 1. The van der Waals surface area contributed by atoms with E-state index in [4.69, 9.17) is 4.74 Å². The third-order valence-corrected chi connectivity index (χ3v) is 5.40. The molecule has 3 rings (SSSR count). The van der Waals surface area contributed by atoms with Crippen molar-refractivity contribution < 1.29 is 37.0 Å². The Morgan fingerprint density at radius 2 is 2.06 bits per heavy atom. The van der Waals surface area contributed by atoms with Crippen LogP contribution in [0.15, 0.2) is 42.6 Å². The molecule has 1 aromatic heterocycles. The first-order chi connectivity index (χ1) is 16.2. The van der Waals surface area contributed by atoms with Gasteiger partial charge >= 0.3 is 12.1 Å². The molecule has 8 nitrogen and oxygen atoms in total. The van der Waals surface area contributed by atoms with E-state index >= 15 is 0 Å². The lowest BCUT2D eigenvalue weighted by Crippen LogP contribution is -2.41. The van der Waals surface area contributed by atoms with Crippen LogP contribution in [0.4, 0.5) is 19.0 Å². The molecule has 0 bridgehead atoms. The number of benzene rings is 1. The number of pyridine rings is 1. The normalized spacial score (nSPS) is 15.9. The Bertz CT molecular complexity index is 1020. The molecule has 0 radical (unpaired) electrons. The molecule has 184 valence electrons. The molecule has 11 heteroatoms. The van der Waals surface area contributed by atoms with Crippen molar-refractivity contribution in [3.05, 3.63) is 58.9 Å². The minimum absolute atomic E-state index is 0.133. The van der Waals surface area contributed by atoms with Crippen LogP contribution in [-0.4, -0.2) is 49.8 Å². The van der Waals surface area contributed by atoms with Gasteiger partial charge in [-0.15, -0.1) is 0 Å². The second kappa shape index (κ2) is 11.1. The summed E-state index contributed by atoms with van der Waals surface area (Å²) in [4.78, 5) is 25.2. The van der Waals surface area contributed by atoms with Gasteiger partial charge in [-0.25, -0.2) is 4.73 Å². The number of anilines is 1. The summed E-state index contributed by atoms with van der Waals surface area (Å²) in [6.45, 7) is -0.839. The van der Waals surface area contributed by atoms with Crippen molar-refractivity contribution >= 4 is 17.7 Å². The molecule has 2 aromatic rings. The van der Waals surface area contributed by atoms with Crippen LogP contribution in [0.3, 0.4) is 0 Å². The number of nitrogens with zero attached hydrogens (tertiary/aromatic N) is 2. The summed E-state index contributed by atoms with van der Waals surface area (Å²) in [6.07, 6.45) is -2.77. The van der Waals surface area contributed by atoms with Crippen molar-refractivity contribution in [2.75, 3.05) is 32.1 Å². The molecule has 0 spiro atoms. The van der Waals surface area contributed by atoms with E-state index in [1.54, 1.807) is 36.4 Å². The van der Waals surface area contributed by atoms with Gasteiger partial charge in [-0.3, -0.25) is 14.9 Å². The predicted octanol–water partition coefficient (Wildman–Crippen LogP) is 2.83. The largest absolute Gasteiger partial charge is 0.711 e. The highest BCUT2D eigenvalue weighted by Gasteiger charge is 2.38. The number of hydrogen-bond donors (Lipinski definition) is 1. The molecule has 0 fully saturated rings. The number of carbonyl (C=O) groups is 2. The minimum Gasteiger partial charge on any atom is -0.711 e. The van der Waals surface area contributed by atoms with Crippen LogP contribution in [0.5, 0.6) is 5.75 Å². The van der Waals surface area contributed by atoms with Crippen molar-refractivity contribution in [2.45, 2.75) is 32.0 Å². The molecule has 1 aliphatic rings. The highest BCUT2D eigenvalue weighted by atomic mass is 19.4. The summed E-state index contributed by atoms with van der Waals surface area (Å²) in [5.41, 5.74) is 1.22. The number of hydrogen-bond acceptors (Lipinski definition) is 6. The summed E-state index contributed by atoms with van der Waals surface area (Å²) in [7, 11) is 1.17. The molecule has 0 unspecified atom stereocenters. The quantitative estimate of drug-likeness (QED) is 0.256. The van der Waals surface area contributed by atoms with Crippen LogP contribution < -0.4 is 14.8 Å². The van der Waals surface area contributed by atoms with Gasteiger partial charge in [0, 0.05) is 19.0 Å². The molecule has 1 aliphatic heterocycles. The number of methoxy groups -OCH3 is 1. The van der Waals surface area contributed by atoms with E-state index in [1.165, 1.54) is 13.3 Å². The van der Waals surface area contributed by atoms with Crippen LogP contribution in [0.25, 0.3) is 0 Å². The Kier molecular flexibility index (Phi) is 8.19. The van der Waals surface area contributed by atoms with Crippen molar-refractivity contribution in [1.29, 1.82) is 0 Å². The van der Waals surface area contributed by atoms with Crippen LogP contribution >= 0.6 is 0 Å². The average molecular weight is 481 g/mol. The number of esters is 1. The number of ether oxygens (including phenoxy) is 2. The Balaban J connectivity index is 1.65. The maximum Gasteiger partial charge on any atom is 0.406 e. The topological polar surface area (TPSA) is 94.8 Å². The Morgan fingerprint density at radius 1 is 1.26 bits per heavy atom. The van der Waals surface area contributed by atoms with Crippen molar-refractivity contribution in [3.63, 3.8) is 0 Å². The monoisotopic (exact) mass is 481 g/mol. The summed E-state index contributed by atoms with van der Waals surface area (Å²) in [5, 5.41) is 14.6. The van der Waals surface area contributed by atoms with Gasteiger partial charge < -0.3 is 19.6 Å². The molecule has 2 heterocycles. The number of fused-ring (bicyclic) bond motifs is 1. The second-order valence-corrected chi connectivity index (χ2v) is 7.96. The fourth-order valence-electron chi connectivity index (χ4n) is 3.77. The van der Waals surface area contributed by atoms with E-state index in [0.717, 1.165) is 9.63 Å². The smallest absolute Gasteiger partial charge is 0.406 e. The first kappa shape index (κ1) is 25.1. The van der Waals surface area contributed by atoms with Gasteiger partial charge in [-0.2, -0.15) is 13.2 Å². The number of amides is 1. The van der Waals surface area contributed by atoms with Crippen LogP contribution in [0.1, 0.15) is 24.0 Å². The standard InChI is InChI=1S/C23H26F3N3O5/c1-33-21(30)13-17-11-16-6-7-19(12-18(16)14-28(22(17)31)15-23(24,25)26)34-10-4-8-27-20-5-2-3-9-29(20)32/h2-3,5-7,9,12,17,27H,4,8,10-11,13-15H2,1H3/t17-/m0/s1. The van der Waals surface area contributed by atoms with Crippen LogP contribution in [-0.2, 0) is 27.3 Å². The molecule has 1 atom stereocenters. The average Bonchev–Trinajstić information content (AvgIpc) is 2.90. The molecule has 1 aromatic carbocycles. The van der Waals surface area contributed by atoms with Crippen LogP contribution in [0.2, 0.25) is 0 Å². The maximum atomic E-state index is 13.1. The maximum absolute atomic E-state index is 13.1. The summed E-state index contributed by atoms with van der Waals surface area (Å²) in [6, 6.07) is 10.0. The predicted molar refractivity (Wildman–Crippen MR) is 116 cm³/mol. The Hall–Kier alpha value is -3.50. The van der Waals surface area contributed by atoms with Gasteiger partial charge in [0.2, 0.25) is 5.91 Å². The number of alkyl halides is 3. The van der Waals surface area contributed by atoms with Gasteiger partial charge in [-0.05, 0) is 35.7 Å². The molecular weight excluding hydrogens is 455 g/mol. The fourth-order valence-corrected chi connectivity index (χ4v) is 3.77. The highest BCUT2D eigenvalue weighted by Crippen LogP contribution is 2.30. The van der Waals surface area contributed by atoms with E-state index < -0.39 is 30.5 Å². The van der Waals surface area contributed by atoms with Crippen molar-refractivity contribution in [2.24, 2.45) is 5.92 Å². The number of rotatable bonds is 9. The number of carbonyl (C=O) groups excluding carboxylic acids is 2. The van der Waals surface area contributed by atoms with Crippen LogP contribution in [0, 0.1) is 11.1 Å². The van der Waals surface area contributed by atoms with Gasteiger partial charge in [0.1, 0.15) is 12.3 Å². The molecular formula is C23H26F3N3O5. The van der Waals surface area contributed by atoms with Gasteiger partial charge in [0.25, 0.3) is 5.82 Å². The highest BCUT2D eigenvalue weighted by molar-refractivity contribution is 5.84. The van der Waals surface area contributed by atoms with E-state index in [9.17, 15) is 28.0 Å². The minimum atomic E-state index is -4.57. The fraction of sp³-hybridized carbons (Fsp3) is 0.435. The lowest BCUT2D eigenvalue weighted by Gasteiger charge is -2.25. The third kappa shape index (κ3) is 7.00. The molecule has 1 N–H and O–H groups in total. The first-order valence-corrected chi connectivity index (χ1v) is 10.8. The zero-order valence-electron chi connectivity index (χ0n) is 18.6. The van der Waals surface area contributed by atoms with Gasteiger partial charge in [-0.1, -0.05) is 12.1 Å². The zero-order valence-corrected chi connectivity index (χ0v) is 18.6. The third-order valence-electron chi connectivity index (χ3n) is 5.40. The first-order valence-electron chi connectivity index (χ1n) is 10.8. The van der Waals surface area contributed by atoms with E-state index in [1.807, 2.05) is 0 Å². The zero-order chi connectivity index (χ0) is 24.7. The van der Waals surface area contributed by atoms with Crippen molar-refractivity contribution in [1.82, 2.24) is 4.90 Å². The lowest BCUT2D eigenvalue weighted by atomic mass is 9.94. The summed E-state index contributed by atoms with van der Waals surface area (Å²) < 4.78 is 50.4.